The van der Waals surface area contributed by atoms with Gasteiger partial charge in [0.05, 0.1) is 5.56 Å². The molecular formula is C18H17NO3. The first-order valence-electron chi connectivity index (χ1n) is 7.42. The van der Waals surface area contributed by atoms with E-state index in [1.165, 1.54) is 0 Å². The zero-order chi connectivity index (χ0) is 15.7. The van der Waals surface area contributed by atoms with Gasteiger partial charge in [-0.3, -0.25) is 9.59 Å². The number of para-hydroxylation sites is 1. The van der Waals surface area contributed by atoms with Crippen molar-refractivity contribution < 1.29 is 5.11 Å². The summed E-state index contributed by atoms with van der Waals surface area (Å²) in [5, 5.41) is 9.56. The third-order valence-corrected chi connectivity index (χ3v) is 3.92. The average Bonchev–Trinajstić information content (AvgIpc) is 2.57. The molecule has 0 saturated carbocycles. The zero-order valence-electron chi connectivity index (χ0n) is 12.4. The first-order valence-corrected chi connectivity index (χ1v) is 7.42. The maximum Gasteiger partial charge on any atom is 0.268 e. The molecule has 0 fully saturated rings. The fourth-order valence-corrected chi connectivity index (χ4v) is 2.65. The van der Waals surface area contributed by atoms with Crippen LogP contribution in [-0.2, 0) is 0 Å². The molecule has 22 heavy (non-hydrogen) atoms. The number of allylic oxidation sites excluding steroid dienone is 1. The number of hydrogen-bond acceptors (Lipinski definition) is 4. The van der Waals surface area contributed by atoms with Crippen LogP contribution in [0.25, 0.3) is 12.2 Å². The predicted octanol–water partition coefficient (Wildman–Crippen LogP) is 2.66. The van der Waals surface area contributed by atoms with Crippen molar-refractivity contribution in [2.75, 3.05) is 11.4 Å². The number of anilines is 1. The Kier molecular flexibility index (Phi) is 3.67. The molecule has 4 heteroatoms. The molecule has 3 rings (SSSR count). The Morgan fingerprint density at radius 3 is 2.64 bits per heavy atom. The van der Waals surface area contributed by atoms with E-state index >= 15 is 0 Å². The van der Waals surface area contributed by atoms with Gasteiger partial charge in [-0.15, -0.1) is 0 Å². The Labute approximate surface area is 128 Å². The van der Waals surface area contributed by atoms with E-state index in [4.69, 9.17) is 0 Å². The van der Waals surface area contributed by atoms with E-state index in [-0.39, 0.29) is 5.56 Å². The van der Waals surface area contributed by atoms with E-state index in [0.717, 1.165) is 36.3 Å². The van der Waals surface area contributed by atoms with Crippen molar-refractivity contribution >= 4 is 17.8 Å². The number of aromatic hydroxyl groups is 1. The van der Waals surface area contributed by atoms with Crippen molar-refractivity contribution in [1.29, 1.82) is 0 Å². The minimum atomic E-state index is -0.799. The lowest BCUT2D eigenvalue weighted by molar-refractivity contribution is 0.461. The van der Waals surface area contributed by atoms with Gasteiger partial charge in [0.15, 0.2) is 5.75 Å². The standard InChI is InChI=1S/C18H17NO3/c1-2-3-10-19-13(11-14-16(20)18(22)17(14)21)9-8-12-6-4-5-7-15(12)19/h4-9,11,20H,2-3,10H2,1H3/b13-11+. The summed E-state index contributed by atoms with van der Waals surface area (Å²) in [7, 11) is 0. The Bertz CT molecular complexity index is 838. The highest BCUT2D eigenvalue weighted by Gasteiger charge is 2.22. The van der Waals surface area contributed by atoms with Crippen LogP contribution in [-0.4, -0.2) is 11.7 Å². The molecule has 2 aromatic carbocycles. The molecule has 4 nitrogen and oxygen atoms in total. The quantitative estimate of drug-likeness (QED) is 0.881. The SMILES string of the molecule is CCCCN1/C(=C/c2c(O)c(=O)c2=O)C=Cc2ccccc21. The molecule has 112 valence electrons. The molecule has 1 aliphatic heterocycles. The summed E-state index contributed by atoms with van der Waals surface area (Å²) >= 11 is 0. The second kappa shape index (κ2) is 5.64. The predicted molar refractivity (Wildman–Crippen MR) is 88.7 cm³/mol. The smallest absolute Gasteiger partial charge is 0.268 e. The largest absolute Gasteiger partial charge is 0.504 e. The average molecular weight is 295 g/mol. The number of fused-ring (bicyclic) bond motifs is 1. The lowest BCUT2D eigenvalue weighted by atomic mass is 10.0. The molecule has 0 aromatic heterocycles. The van der Waals surface area contributed by atoms with Crippen LogP contribution in [0.15, 0.2) is 45.6 Å². The number of hydrogen-bond donors (Lipinski definition) is 1. The second-order valence-corrected chi connectivity index (χ2v) is 5.39. The molecule has 1 aliphatic rings. The second-order valence-electron chi connectivity index (χ2n) is 5.39. The van der Waals surface area contributed by atoms with Gasteiger partial charge in [0, 0.05) is 17.9 Å². The third-order valence-electron chi connectivity index (χ3n) is 3.92. The summed E-state index contributed by atoms with van der Waals surface area (Å²) in [5.41, 5.74) is 1.69. The van der Waals surface area contributed by atoms with Gasteiger partial charge in [-0.1, -0.05) is 37.6 Å². The van der Waals surface area contributed by atoms with E-state index in [1.54, 1.807) is 6.08 Å². The molecular weight excluding hydrogens is 278 g/mol. The summed E-state index contributed by atoms with van der Waals surface area (Å²) in [6.45, 7) is 2.94. The maximum atomic E-state index is 11.6. The molecule has 1 N–H and O–H groups in total. The van der Waals surface area contributed by atoms with E-state index in [9.17, 15) is 14.7 Å². The van der Waals surface area contributed by atoms with Crippen molar-refractivity contribution in [3.8, 4) is 5.75 Å². The molecule has 0 bridgehead atoms. The van der Waals surface area contributed by atoms with Crippen LogP contribution < -0.4 is 15.8 Å². The van der Waals surface area contributed by atoms with E-state index in [2.05, 4.69) is 11.8 Å². The normalized spacial score (nSPS) is 15.5. The summed E-state index contributed by atoms with van der Waals surface area (Å²) in [4.78, 5) is 24.8. The van der Waals surface area contributed by atoms with Crippen molar-refractivity contribution in [3.05, 3.63) is 67.6 Å². The number of benzene rings is 1. The van der Waals surface area contributed by atoms with Crippen molar-refractivity contribution in [3.63, 3.8) is 0 Å². The van der Waals surface area contributed by atoms with Crippen molar-refractivity contribution in [2.24, 2.45) is 0 Å². The van der Waals surface area contributed by atoms with Gasteiger partial charge >= 0.3 is 0 Å². The molecule has 0 aliphatic carbocycles. The Hall–Kier alpha value is -2.62. The van der Waals surface area contributed by atoms with E-state index in [0.29, 0.717) is 0 Å². The molecule has 0 radical (unpaired) electrons. The Morgan fingerprint density at radius 2 is 1.91 bits per heavy atom. The van der Waals surface area contributed by atoms with Crippen LogP contribution in [0.2, 0.25) is 0 Å². The van der Waals surface area contributed by atoms with E-state index < -0.39 is 16.6 Å². The highest BCUT2D eigenvalue weighted by atomic mass is 16.3. The van der Waals surface area contributed by atoms with Gasteiger partial charge in [0.1, 0.15) is 0 Å². The first-order chi connectivity index (χ1) is 10.6. The summed E-state index contributed by atoms with van der Waals surface area (Å²) in [6, 6.07) is 8.03. The van der Waals surface area contributed by atoms with Crippen molar-refractivity contribution in [1.82, 2.24) is 0 Å². The van der Waals surface area contributed by atoms with Crippen molar-refractivity contribution in [2.45, 2.75) is 19.8 Å². The molecule has 0 unspecified atom stereocenters. The van der Waals surface area contributed by atoms with Crippen LogP contribution in [0, 0.1) is 0 Å². The van der Waals surface area contributed by atoms with Crippen LogP contribution in [0.3, 0.4) is 0 Å². The molecule has 0 amide bonds. The van der Waals surface area contributed by atoms with E-state index in [1.807, 2.05) is 36.4 Å². The Balaban J connectivity index is 2.04. The van der Waals surface area contributed by atoms with Crippen LogP contribution >= 0.6 is 0 Å². The number of nitrogens with zero attached hydrogens (tertiary/aromatic N) is 1. The fraction of sp³-hybridized carbons (Fsp3) is 0.222. The van der Waals surface area contributed by atoms with Gasteiger partial charge in [-0.2, -0.15) is 0 Å². The van der Waals surface area contributed by atoms with Gasteiger partial charge in [0.2, 0.25) is 5.43 Å². The lowest BCUT2D eigenvalue weighted by Crippen LogP contribution is -2.33. The topological polar surface area (TPSA) is 57.6 Å². The summed E-state index contributed by atoms with van der Waals surface area (Å²) in [5.74, 6) is -0.430. The van der Waals surface area contributed by atoms with Crippen LogP contribution in [0.4, 0.5) is 5.69 Å². The van der Waals surface area contributed by atoms with Gasteiger partial charge in [-0.05, 0) is 30.2 Å². The molecule has 0 saturated heterocycles. The fourth-order valence-electron chi connectivity index (χ4n) is 2.65. The molecule has 0 spiro atoms. The molecule has 0 atom stereocenters. The number of unbranched alkanes of at least 4 members (excludes halogenated alkanes) is 1. The highest BCUT2D eigenvalue weighted by Crippen LogP contribution is 2.32. The van der Waals surface area contributed by atoms with Crippen LogP contribution in [0.5, 0.6) is 5.75 Å². The molecule has 2 aromatic rings. The highest BCUT2D eigenvalue weighted by molar-refractivity contribution is 5.80. The van der Waals surface area contributed by atoms with Crippen LogP contribution in [0.1, 0.15) is 30.9 Å². The first kappa shape index (κ1) is 14.3. The minimum Gasteiger partial charge on any atom is -0.504 e. The maximum absolute atomic E-state index is 11.6. The van der Waals surface area contributed by atoms with Gasteiger partial charge < -0.3 is 10.0 Å². The molecule has 1 heterocycles. The minimum absolute atomic E-state index is 0.102. The Morgan fingerprint density at radius 1 is 1.14 bits per heavy atom. The van der Waals surface area contributed by atoms with Gasteiger partial charge in [-0.25, -0.2) is 0 Å². The monoisotopic (exact) mass is 295 g/mol. The van der Waals surface area contributed by atoms with Gasteiger partial charge in [0.25, 0.3) is 5.43 Å². The number of rotatable bonds is 4. The summed E-state index contributed by atoms with van der Waals surface area (Å²) in [6.07, 6.45) is 7.56. The lowest BCUT2D eigenvalue weighted by Gasteiger charge is -2.30. The zero-order valence-corrected chi connectivity index (χ0v) is 12.4. The third kappa shape index (κ3) is 2.26. The summed E-state index contributed by atoms with van der Waals surface area (Å²) < 4.78 is 0.